The van der Waals surface area contributed by atoms with Crippen molar-refractivity contribution in [3.8, 4) is 0 Å². The lowest BCUT2D eigenvalue weighted by Crippen LogP contribution is -2.26. The van der Waals surface area contributed by atoms with Gasteiger partial charge >= 0.3 is 5.69 Å². The van der Waals surface area contributed by atoms with Crippen LogP contribution in [-0.4, -0.2) is 39.1 Å². The zero-order chi connectivity index (χ0) is 16.9. The summed E-state index contributed by atoms with van der Waals surface area (Å²) in [6, 6.07) is 3.68. The number of ether oxygens (including phenoxy) is 1. The summed E-state index contributed by atoms with van der Waals surface area (Å²) in [6.07, 6.45) is 1.98. The van der Waals surface area contributed by atoms with E-state index in [2.05, 4.69) is 15.5 Å². The molecule has 1 unspecified atom stereocenters. The molecule has 0 bridgehead atoms. The molecule has 2 N–H and O–H groups in total. The van der Waals surface area contributed by atoms with Gasteiger partial charge in [0.15, 0.2) is 5.16 Å². The van der Waals surface area contributed by atoms with E-state index in [1.54, 1.807) is 6.07 Å². The number of thiophene rings is 1. The Kier molecular flexibility index (Phi) is 5.99. The summed E-state index contributed by atoms with van der Waals surface area (Å²) in [5, 5.41) is 9.75. The van der Waals surface area contributed by atoms with Gasteiger partial charge in [-0.1, -0.05) is 23.4 Å². The number of thioether (sulfide) groups is 1. The van der Waals surface area contributed by atoms with E-state index in [1.165, 1.54) is 27.7 Å². The lowest BCUT2D eigenvalue weighted by Gasteiger charge is -2.10. The van der Waals surface area contributed by atoms with Gasteiger partial charge in [-0.05, 0) is 25.0 Å². The van der Waals surface area contributed by atoms with Crippen LogP contribution in [0.2, 0.25) is 4.34 Å². The second-order valence-electron chi connectivity index (χ2n) is 5.33. The summed E-state index contributed by atoms with van der Waals surface area (Å²) in [7, 11) is 0. The lowest BCUT2D eigenvalue weighted by molar-refractivity contribution is -0.118. The van der Waals surface area contributed by atoms with Gasteiger partial charge in [-0.25, -0.2) is 9.89 Å². The molecule has 1 saturated heterocycles. The molecule has 0 spiro atoms. The van der Waals surface area contributed by atoms with Crippen LogP contribution in [0, 0.1) is 0 Å². The van der Waals surface area contributed by atoms with Gasteiger partial charge in [0, 0.05) is 11.5 Å². The first-order valence-corrected chi connectivity index (χ1v) is 9.70. The number of hydrogen-bond acceptors (Lipinski definition) is 6. The van der Waals surface area contributed by atoms with Crippen molar-refractivity contribution in [1.82, 2.24) is 20.1 Å². The zero-order valence-corrected chi connectivity index (χ0v) is 15.2. The van der Waals surface area contributed by atoms with Crippen LogP contribution in [0.1, 0.15) is 17.7 Å². The molecular formula is C14H17ClN4O3S2. The number of halogens is 1. The van der Waals surface area contributed by atoms with Gasteiger partial charge in [-0.3, -0.25) is 9.36 Å². The van der Waals surface area contributed by atoms with Gasteiger partial charge < -0.3 is 10.1 Å². The van der Waals surface area contributed by atoms with Crippen molar-refractivity contribution in [1.29, 1.82) is 0 Å². The smallest absolute Gasteiger partial charge is 0.344 e. The quantitative estimate of drug-likeness (QED) is 0.707. The van der Waals surface area contributed by atoms with E-state index in [4.69, 9.17) is 16.3 Å². The monoisotopic (exact) mass is 388 g/mol. The molecule has 2 aromatic heterocycles. The molecule has 1 amide bonds. The average Bonchev–Trinajstić information content (AvgIpc) is 3.28. The number of aromatic amines is 1. The summed E-state index contributed by atoms with van der Waals surface area (Å²) in [4.78, 5) is 24.8. The summed E-state index contributed by atoms with van der Waals surface area (Å²) in [5.74, 6) is 0.0678. The van der Waals surface area contributed by atoms with Crippen molar-refractivity contribution in [3.63, 3.8) is 0 Å². The van der Waals surface area contributed by atoms with Crippen LogP contribution in [0.15, 0.2) is 22.1 Å². The average molecular weight is 389 g/mol. The van der Waals surface area contributed by atoms with Crippen molar-refractivity contribution in [2.24, 2.45) is 0 Å². The second kappa shape index (κ2) is 8.19. The number of carbonyl (C=O) groups is 1. The molecule has 0 saturated carbocycles. The van der Waals surface area contributed by atoms with Crippen LogP contribution in [0.25, 0.3) is 0 Å². The normalized spacial score (nSPS) is 17.3. The van der Waals surface area contributed by atoms with Gasteiger partial charge in [0.2, 0.25) is 5.91 Å². The maximum absolute atomic E-state index is 11.9. The van der Waals surface area contributed by atoms with Gasteiger partial charge in [0.05, 0.1) is 29.3 Å². The Bertz CT molecular complexity index is 751. The number of H-pyrrole nitrogens is 1. The first-order valence-electron chi connectivity index (χ1n) is 7.52. The van der Waals surface area contributed by atoms with Crippen molar-refractivity contribution < 1.29 is 9.53 Å². The molecule has 2 aromatic rings. The van der Waals surface area contributed by atoms with E-state index in [9.17, 15) is 9.59 Å². The van der Waals surface area contributed by atoms with Crippen molar-refractivity contribution >= 4 is 40.6 Å². The van der Waals surface area contributed by atoms with E-state index in [0.29, 0.717) is 22.6 Å². The van der Waals surface area contributed by atoms with Gasteiger partial charge in [0.1, 0.15) is 0 Å². The fourth-order valence-corrected chi connectivity index (χ4v) is 4.19. The van der Waals surface area contributed by atoms with Gasteiger partial charge in [-0.2, -0.15) is 0 Å². The minimum absolute atomic E-state index is 0.0389. The van der Waals surface area contributed by atoms with Gasteiger partial charge in [-0.15, -0.1) is 16.4 Å². The number of amides is 1. The lowest BCUT2D eigenvalue weighted by atomic mass is 10.2. The van der Waals surface area contributed by atoms with Crippen molar-refractivity contribution in [2.75, 3.05) is 12.4 Å². The Morgan fingerprint density at radius 3 is 3.17 bits per heavy atom. The highest BCUT2D eigenvalue weighted by Gasteiger charge is 2.20. The van der Waals surface area contributed by atoms with Crippen LogP contribution in [0.3, 0.4) is 0 Å². The molecule has 1 aliphatic heterocycles. The van der Waals surface area contributed by atoms with Crippen LogP contribution in [0.4, 0.5) is 0 Å². The Labute approximate surface area is 151 Å². The predicted octanol–water partition coefficient (Wildman–Crippen LogP) is 1.87. The zero-order valence-electron chi connectivity index (χ0n) is 12.8. The molecular weight excluding hydrogens is 372 g/mol. The largest absolute Gasteiger partial charge is 0.376 e. The summed E-state index contributed by atoms with van der Waals surface area (Å²) in [5.41, 5.74) is -0.276. The van der Waals surface area contributed by atoms with Crippen LogP contribution in [0.5, 0.6) is 0 Å². The number of nitrogens with zero attached hydrogens (tertiary/aromatic N) is 2. The van der Waals surface area contributed by atoms with Crippen molar-refractivity contribution in [3.05, 3.63) is 31.8 Å². The summed E-state index contributed by atoms with van der Waals surface area (Å²) in [6.45, 7) is 1.64. The summed E-state index contributed by atoms with van der Waals surface area (Å²) >= 11 is 8.52. The Morgan fingerprint density at radius 1 is 1.58 bits per heavy atom. The van der Waals surface area contributed by atoms with Crippen LogP contribution < -0.4 is 11.0 Å². The maximum atomic E-state index is 11.9. The molecule has 7 nitrogen and oxygen atoms in total. The molecule has 1 aliphatic rings. The standard InChI is InChI=1S/C14H17ClN4O3S2/c15-11-4-3-10(24-11)6-16-12(20)8-23-14-18-17-13(21)19(14)7-9-2-1-5-22-9/h3-4,9H,1-2,5-8H2,(H,16,20)(H,17,21). The molecule has 1 atom stereocenters. The third kappa shape index (κ3) is 4.62. The number of nitrogens with one attached hydrogen (secondary N) is 2. The topological polar surface area (TPSA) is 89.0 Å². The third-order valence-electron chi connectivity index (χ3n) is 3.55. The van der Waals surface area contributed by atoms with E-state index in [1.807, 2.05) is 6.07 Å². The van der Waals surface area contributed by atoms with Gasteiger partial charge in [0.25, 0.3) is 0 Å². The minimum atomic E-state index is -0.276. The Balaban J connectivity index is 1.50. The van der Waals surface area contributed by atoms with Crippen molar-refractivity contribution in [2.45, 2.75) is 37.2 Å². The molecule has 3 heterocycles. The third-order valence-corrected chi connectivity index (χ3v) is 5.76. The minimum Gasteiger partial charge on any atom is -0.376 e. The fraction of sp³-hybridized carbons (Fsp3) is 0.500. The fourth-order valence-electron chi connectivity index (χ4n) is 2.38. The molecule has 0 aliphatic carbocycles. The highest BCUT2D eigenvalue weighted by molar-refractivity contribution is 7.99. The first-order chi connectivity index (χ1) is 11.6. The van der Waals surface area contributed by atoms with Crippen LogP contribution >= 0.6 is 34.7 Å². The predicted molar refractivity (Wildman–Crippen MR) is 93.7 cm³/mol. The van der Waals surface area contributed by atoms with E-state index >= 15 is 0 Å². The second-order valence-corrected chi connectivity index (χ2v) is 8.07. The molecule has 130 valence electrons. The Morgan fingerprint density at radius 2 is 2.46 bits per heavy atom. The highest BCUT2D eigenvalue weighted by atomic mass is 35.5. The number of hydrogen-bond donors (Lipinski definition) is 2. The molecule has 10 heteroatoms. The number of rotatable bonds is 7. The maximum Gasteiger partial charge on any atom is 0.344 e. The molecule has 24 heavy (non-hydrogen) atoms. The Hall–Kier alpha value is -1.29. The highest BCUT2D eigenvalue weighted by Crippen LogP contribution is 2.21. The molecule has 0 radical (unpaired) electrons. The molecule has 1 fully saturated rings. The number of carbonyl (C=O) groups excluding carboxylic acids is 1. The van der Waals surface area contributed by atoms with E-state index < -0.39 is 0 Å². The summed E-state index contributed by atoms with van der Waals surface area (Å²) < 4.78 is 7.78. The number of aromatic nitrogens is 3. The molecule has 3 rings (SSSR count). The first kappa shape index (κ1) is 17.5. The SMILES string of the molecule is O=C(CSc1n[nH]c(=O)n1CC1CCCO1)NCc1ccc(Cl)s1. The van der Waals surface area contributed by atoms with E-state index in [-0.39, 0.29) is 23.5 Å². The van der Waals surface area contributed by atoms with Crippen LogP contribution in [-0.2, 0) is 22.6 Å². The van der Waals surface area contributed by atoms with E-state index in [0.717, 1.165) is 24.3 Å². The molecule has 0 aromatic carbocycles.